The number of ether oxygens (including phenoxy) is 1. The Labute approximate surface area is 130 Å². The van der Waals surface area contributed by atoms with E-state index in [4.69, 9.17) is 16.3 Å². The number of nitrogens with zero attached hydrogens (tertiary/aromatic N) is 1. The number of hydrogen-bond donors (Lipinski definition) is 1. The zero-order valence-electron chi connectivity index (χ0n) is 10.6. The zero-order chi connectivity index (χ0) is 13.8. The Morgan fingerprint density at radius 3 is 2.89 bits per heavy atom. The standard InChI is InChI=1S/C13H14BrClN2OS/c1-8(16-7-13-17-6-12(15)19-13)9-3-4-11(18-2)10(14)5-9/h3-6,8,16H,7H2,1-2H3. The summed E-state index contributed by atoms with van der Waals surface area (Å²) in [7, 11) is 1.66. The third kappa shape index (κ3) is 3.92. The molecule has 0 bridgehead atoms. The summed E-state index contributed by atoms with van der Waals surface area (Å²) in [5.74, 6) is 0.836. The summed E-state index contributed by atoms with van der Waals surface area (Å²) < 4.78 is 6.90. The first-order chi connectivity index (χ1) is 9.10. The lowest BCUT2D eigenvalue weighted by atomic mass is 10.1. The van der Waals surface area contributed by atoms with Gasteiger partial charge in [0.25, 0.3) is 0 Å². The molecule has 19 heavy (non-hydrogen) atoms. The molecule has 0 fully saturated rings. The van der Waals surface area contributed by atoms with Crippen molar-refractivity contribution in [3.05, 3.63) is 43.8 Å². The Balaban J connectivity index is 1.99. The van der Waals surface area contributed by atoms with E-state index in [2.05, 4.69) is 45.3 Å². The molecule has 0 aliphatic heterocycles. The largest absolute Gasteiger partial charge is 0.496 e. The van der Waals surface area contributed by atoms with Crippen molar-refractivity contribution in [1.29, 1.82) is 0 Å². The Hall–Kier alpha value is -0.620. The maximum atomic E-state index is 5.86. The highest BCUT2D eigenvalue weighted by molar-refractivity contribution is 9.10. The molecule has 0 radical (unpaired) electrons. The van der Waals surface area contributed by atoms with Gasteiger partial charge < -0.3 is 10.1 Å². The van der Waals surface area contributed by atoms with Crippen LogP contribution in [-0.4, -0.2) is 12.1 Å². The Kier molecular flexibility index (Phi) is 5.21. The summed E-state index contributed by atoms with van der Waals surface area (Å²) in [6.07, 6.45) is 1.68. The second kappa shape index (κ2) is 6.70. The summed E-state index contributed by atoms with van der Waals surface area (Å²) in [5.41, 5.74) is 1.19. The fraction of sp³-hybridized carbons (Fsp3) is 0.308. The molecule has 1 unspecified atom stereocenters. The fourth-order valence-corrected chi connectivity index (χ4v) is 3.15. The summed E-state index contributed by atoms with van der Waals surface area (Å²) >= 11 is 10.8. The molecule has 0 aliphatic rings. The first-order valence-electron chi connectivity index (χ1n) is 5.77. The van der Waals surface area contributed by atoms with Crippen molar-refractivity contribution < 1.29 is 4.74 Å². The molecule has 0 saturated heterocycles. The van der Waals surface area contributed by atoms with Crippen molar-refractivity contribution >= 4 is 38.9 Å². The average Bonchev–Trinajstić information content (AvgIpc) is 2.81. The predicted octanol–water partition coefficient (Wildman–Crippen LogP) is 4.42. The minimum absolute atomic E-state index is 0.227. The molecule has 1 atom stereocenters. The third-order valence-electron chi connectivity index (χ3n) is 2.76. The summed E-state index contributed by atoms with van der Waals surface area (Å²) in [6, 6.07) is 6.30. The van der Waals surface area contributed by atoms with Crippen LogP contribution in [0, 0.1) is 0 Å². The molecule has 2 rings (SSSR count). The van der Waals surface area contributed by atoms with Crippen molar-refractivity contribution in [2.45, 2.75) is 19.5 Å². The Morgan fingerprint density at radius 1 is 1.53 bits per heavy atom. The van der Waals surface area contributed by atoms with Gasteiger partial charge in [0.2, 0.25) is 0 Å². The topological polar surface area (TPSA) is 34.1 Å². The number of rotatable bonds is 5. The molecule has 0 spiro atoms. The molecule has 102 valence electrons. The van der Waals surface area contributed by atoms with E-state index in [1.54, 1.807) is 13.3 Å². The van der Waals surface area contributed by atoms with Gasteiger partial charge in [0.15, 0.2) is 0 Å². The van der Waals surface area contributed by atoms with Gasteiger partial charge in [-0.15, -0.1) is 11.3 Å². The number of halogens is 2. The van der Waals surface area contributed by atoms with Crippen LogP contribution < -0.4 is 10.1 Å². The van der Waals surface area contributed by atoms with Gasteiger partial charge in [-0.2, -0.15) is 0 Å². The monoisotopic (exact) mass is 360 g/mol. The second-order valence-electron chi connectivity index (χ2n) is 4.05. The first kappa shape index (κ1) is 14.8. The molecular weight excluding hydrogens is 348 g/mol. The molecule has 0 amide bonds. The van der Waals surface area contributed by atoms with Crippen LogP contribution in [0.2, 0.25) is 4.34 Å². The molecule has 3 nitrogen and oxygen atoms in total. The molecule has 0 saturated carbocycles. The first-order valence-corrected chi connectivity index (χ1v) is 7.76. The van der Waals surface area contributed by atoms with E-state index in [0.717, 1.165) is 19.6 Å². The van der Waals surface area contributed by atoms with E-state index < -0.39 is 0 Å². The van der Waals surface area contributed by atoms with Crippen molar-refractivity contribution in [2.75, 3.05) is 7.11 Å². The average molecular weight is 362 g/mol. The molecule has 1 aromatic carbocycles. The van der Waals surface area contributed by atoms with Gasteiger partial charge in [-0.25, -0.2) is 4.98 Å². The van der Waals surface area contributed by atoms with E-state index in [0.29, 0.717) is 6.54 Å². The van der Waals surface area contributed by atoms with Crippen molar-refractivity contribution in [3.8, 4) is 5.75 Å². The molecule has 2 aromatic rings. The van der Waals surface area contributed by atoms with Crippen LogP contribution in [0.4, 0.5) is 0 Å². The summed E-state index contributed by atoms with van der Waals surface area (Å²) in [6.45, 7) is 2.83. The molecule has 1 heterocycles. The lowest BCUT2D eigenvalue weighted by molar-refractivity contribution is 0.411. The van der Waals surface area contributed by atoms with E-state index >= 15 is 0 Å². The zero-order valence-corrected chi connectivity index (χ0v) is 13.8. The Bertz CT molecular complexity index is 561. The minimum Gasteiger partial charge on any atom is -0.496 e. The van der Waals surface area contributed by atoms with Crippen molar-refractivity contribution in [3.63, 3.8) is 0 Å². The lowest BCUT2D eigenvalue weighted by Gasteiger charge is -2.14. The van der Waals surface area contributed by atoms with Crippen LogP contribution >= 0.6 is 38.9 Å². The van der Waals surface area contributed by atoms with Gasteiger partial charge in [0, 0.05) is 12.6 Å². The van der Waals surface area contributed by atoms with Crippen LogP contribution in [0.5, 0.6) is 5.75 Å². The molecule has 1 aromatic heterocycles. The number of hydrogen-bond acceptors (Lipinski definition) is 4. The lowest BCUT2D eigenvalue weighted by Crippen LogP contribution is -2.17. The summed E-state index contributed by atoms with van der Waals surface area (Å²) in [5, 5.41) is 4.41. The molecule has 1 N–H and O–H groups in total. The van der Waals surface area contributed by atoms with Gasteiger partial charge in [0.1, 0.15) is 15.1 Å². The summed E-state index contributed by atoms with van der Waals surface area (Å²) in [4.78, 5) is 4.22. The number of aromatic nitrogens is 1. The molecular formula is C13H14BrClN2OS. The van der Waals surface area contributed by atoms with Crippen LogP contribution in [0.15, 0.2) is 28.9 Å². The van der Waals surface area contributed by atoms with Crippen LogP contribution in [0.1, 0.15) is 23.5 Å². The maximum Gasteiger partial charge on any atom is 0.133 e. The van der Waals surface area contributed by atoms with Gasteiger partial charge in [0.05, 0.1) is 17.8 Å². The molecule has 6 heteroatoms. The van der Waals surface area contributed by atoms with Crippen molar-refractivity contribution in [2.24, 2.45) is 0 Å². The molecule has 0 aliphatic carbocycles. The van der Waals surface area contributed by atoms with Crippen molar-refractivity contribution in [1.82, 2.24) is 10.3 Å². The highest BCUT2D eigenvalue weighted by Gasteiger charge is 2.09. The van der Waals surface area contributed by atoms with E-state index in [-0.39, 0.29) is 6.04 Å². The SMILES string of the molecule is COc1ccc(C(C)NCc2ncc(Cl)s2)cc1Br. The predicted molar refractivity (Wildman–Crippen MR) is 83.1 cm³/mol. The highest BCUT2D eigenvalue weighted by atomic mass is 79.9. The normalized spacial score (nSPS) is 12.4. The third-order valence-corrected chi connectivity index (χ3v) is 4.50. The van der Waals surface area contributed by atoms with E-state index in [9.17, 15) is 0 Å². The number of thiazole rings is 1. The smallest absolute Gasteiger partial charge is 0.133 e. The maximum absolute atomic E-state index is 5.86. The van der Waals surface area contributed by atoms with Gasteiger partial charge >= 0.3 is 0 Å². The van der Waals surface area contributed by atoms with E-state index in [1.807, 2.05) is 6.07 Å². The number of nitrogens with one attached hydrogen (secondary N) is 1. The Morgan fingerprint density at radius 2 is 2.32 bits per heavy atom. The number of methoxy groups -OCH3 is 1. The fourth-order valence-electron chi connectivity index (χ4n) is 1.68. The van der Waals surface area contributed by atoms with Gasteiger partial charge in [-0.1, -0.05) is 17.7 Å². The second-order valence-corrected chi connectivity index (χ2v) is 6.66. The van der Waals surface area contributed by atoms with Crippen LogP contribution in [0.25, 0.3) is 0 Å². The van der Waals surface area contributed by atoms with Gasteiger partial charge in [-0.3, -0.25) is 0 Å². The highest BCUT2D eigenvalue weighted by Crippen LogP contribution is 2.28. The van der Waals surface area contributed by atoms with E-state index in [1.165, 1.54) is 16.9 Å². The van der Waals surface area contributed by atoms with Gasteiger partial charge in [-0.05, 0) is 40.5 Å². The quantitative estimate of drug-likeness (QED) is 0.856. The minimum atomic E-state index is 0.227. The van der Waals surface area contributed by atoms with Crippen LogP contribution in [-0.2, 0) is 6.54 Å². The van der Waals surface area contributed by atoms with Crippen LogP contribution in [0.3, 0.4) is 0 Å². The number of benzene rings is 1.